The summed E-state index contributed by atoms with van der Waals surface area (Å²) in [6, 6.07) is 1.14. The van der Waals surface area contributed by atoms with Crippen molar-refractivity contribution >= 4 is 5.91 Å². The summed E-state index contributed by atoms with van der Waals surface area (Å²) in [5.41, 5.74) is -0.832. The second-order valence-electron chi connectivity index (χ2n) is 4.17. The number of pyridine rings is 1. The van der Waals surface area contributed by atoms with E-state index in [1.165, 1.54) is 0 Å². The molecule has 3 nitrogen and oxygen atoms in total. The summed E-state index contributed by atoms with van der Waals surface area (Å²) in [7, 11) is 0. The molecule has 0 aliphatic carbocycles. The fraction of sp³-hybridized carbons (Fsp3) is 0.400. The molecule has 0 bridgehead atoms. The van der Waals surface area contributed by atoms with Crippen molar-refractivity contribution in [1.29, 1.82) is 0 Å². The van der Waals surface area contributed by atoms with Gasteiger partial charge in [0.25, 0.3) is 5.91 Å². The molecule has 0 spiro atoms. The van der Waals surface area contributed by atoms with Crippen molar-refractivity contribution in [3.05, 3.63) is 29.6 Å². The maximum absolute atomic E-state index is 13.1. The van der Waals surface area contributed by atoms with Gasteiger partial charge in [-0.3, -0.25) is 4.79 Å². The van der Waals surface area contributed by atoms with Crippen LogP contribution in [0.3, 0.4) is 0 Å². The van der Waals surface area contributed by atoms with E-state index in [1.807, 2.05) is 0 Å². The standard InChI is InChI=1S/C10H12F2N2O/c1-10(2,3)14-9(15)6-4-5-13-8(12)7(6)11/h4-5H,1-3H3,(H,14,15). The van der Waals surface area contributed by atoms with E-state index in [4.69, 9.17) is 0 Å². The molecule has 5 heteroatoms. The lowest BCUT2D eigenvalue weighted by molar-refractivity contribution is 0.0914. The summed E-state index contributed by atoms with van der Waals surface area (Å²) in [5, 5.41) is 2.53. The maximum atomic E-state index is 13.1. The first-order valence-corrected chi connectivity index (χ1v) is 4.44. The number of rotatable bonds is 1. The summed E-state index contributed by atoms with van der Waals surface area (Å²) < 4.78 is 25.8. The highest BCUT2D eigenvalue weighted by atomic mass is 19.2. The minimum Gasteiger partial charge on any atom is -0.347 e. The quantitative estimate of drug-likeness (QED) is 0.725. The Morgan fingerprint density at radius 3 is 2.53 bits per heavy atom. The van der Waals surface area contributed by atoms with Crippen LogP contribution in [0.25, 0.3) is 0 Å². The smallest absolute Gasteiger partial charge is 0.254 e. The van der Waals surface area contributed by atoms with Crippen molar-refractivity contribution in [1.82, 2.24) is 10.3 Å². The number of nitrogens with zero attached hydrogens (tertiary/aromatic N) is 1. The number of halogens is 2. The van der Waals surface area contributed by atoms with E-state index in [0.717, 1.165) is 12.3 Å². The van der Waals surface area contributed by atoms with Gasteiger partial charge in [-0.05, 0) is 26.8 Å². The second-order valence-corrected chi connectivity index (χ2v) is 4.17. The molecule has 15 heavy (non-hydrogen) atoms. The fourth-order valence-corrected chi connectivity index (χ4v) is 1.00. The van der Waals surface area contributed by atoms with Crippen LogP contribution in [0.2, 0.25) is 0 Å². The van der Waals surface area contributed by atoms with E-state index >= 15 is 0 Å². The largest absolute Gasteiger partial charge is 0.347 e. The molecule has 1 N–H and O–H groups in total. The topological polar surface area (TPSA) is 42.0 Å². The zero-order valence-corrected chi connectivity index (χ0v) is 8.77. The highest BCUT2D eigenvalue weighted by Crippen LogP contribution is 2.10. The van der Waals surface area contributed by atoms with Gasteiger partial charge in [0.05, 0.1) is 5.56 Å². The van der Waals surface area contributed by atoms with Gasteiger partial charge in [0, 0.05) is 11.7 Å². The number of hydrogen-bond acceptors (Lipinski definition) is 2. The van der Waals surface area contributed by atoms with Crippen molar-refractivity contribution < 1.29 is 13.6 Å². The number of carbonyl (C=O) groups is 1. The predicted octanol–water partition coefficient (Wildman–Crippen LogP) is 1.89. The van der Waals surface area contributed by atoms with E-state index in [0.29, 0.717) is 0 Å². The van der Waals surface area contributed by atoms with Crippen molar-refractivity contribution in [3.8, 4) is 0 Å². The van der Waals surface area contributed by atoms with E-state index in [-0.39, 0.29) is 5.56 Å². The molecule has 0 unspecified atom stereocenters. The molecule has 0 saturated carbocycles. The number of amides is 1. The Labute approximate surface area is 86.5 Å². The van der Waals surface area contributed by atoms with Crippen LogP contribution in [0.5, 0.6) is 0 Å². The third kappa shape index (κ3) is 2.97. The number of aromatic nitrogens is 1. The van der Waals surface area contributed by atoms with Crippen LogP contribution in [0, 0.1) is 11.8 Å². The highest BCUT2D eigenvalue weighted by molar-refractivity contribution is 5.94. The Bertz CT molecular complexity index is 385. The maximum Gasteiger partial charge on any atom is 0.254 e. The van der Waals surface area contributed by atoms with Gasteiger partial charge in [0.15, 0.2) is 5.82 Å². The van der Waals surface area contributed by atoms with E-state index in [9.17, 15) is 13.6 Å². The molecule has 0 aliphatic rings. The normalized spacial score (nSPS) is 11.3. The van der Waals surface area contributed by atoms with Crippen LogP contribution in [0.4, 0.5) is 8.78 Å². The first-order chi connectivity index (χ1) is 6.81. The Balaban J connectivity index is 2.97. The molecule has 0 atom stereocenters. The van der Waals surface area contributed by atoms with E-state index in [1.54, 1.807) is 20.8 Å². The van der Waals surface area contributed by atoms with Crippen LogP contribution in [-0.4, -0.2) is 16.4 Å². The minimum atomic E-state index is -1.27. The van der Waals surface area contributed by atoms with Gasteiger partial charge < -0.3 is 5.32 Å². The molecule has 1 heterocycles. The SMILES string of the molecule is CC(C)(C)NC(=O)c1ccnc(F)c1F. The van der Waals surface area contributed by atoms with Gasteiger partial charge in [0.2, 0.25) is 5.95 Å². The molecule has 1 aromatic heterocycles. The molecule has 1 aromatic rings. The molecular weight excluding hydrogens is 202 g/mol. The van der Waals surface area contributed by atoms with Crippen molar-refractivity contribution in [3.63, 3.8) is 0 Å². The van der Waals surface area contributed by atoms with Gasteiger partial charge in [-0.25, -0.2) is 9.37 Å². The number of nitrogens with one attached hydrogen (secondary N) is 1. The number of carbonyl (C=O) groups excluding carboxylic acids is 1. The highest BCUT2D eigenvalue weighted by Gasteiger charge is 2.20. The van der Waals surface area contributed by atoms with Gasteiger partial charge >= 0.3 is 0 Å². The van der Waals surface area contributed by atoms with Crippen molar-refractivity contribution in [2.24, 2.45) is 0 Å². The van der Waals surface area contributed by atoms with Crippen LogP contribution in [0.1, 0.15) is 31.1 Å². The van der Waals surface area contributed by atoms with Gasteiger partial charge in [-0.1, -0.05) is 0 Å². The lowest BCUT2D eigenvalue weighted by Crippen LogP contribution is -2.41. The van der Waals surface area contributed by atoms with Crippen LogP contribution in [-0.2, 0) is 0 Å². The lowest BCUT2D eigenvalue weighted by atomic mass is 10.1. The predicted molar refractivity (Wildman–Crippen MR) is 51.4 cm³/mol. The second kappa shape index (κ2) is 3.92. The average Bonchev–Trinajstić information content (AvgIpc) is 2.06. The summed E-state index contributed by atoms with van der Waals surface area (Å²) >= 11 is 0. The molecule has 1 rings (SSSR count). The van der Waals surface area contributed by atoms with E-state index < -0.39 is 23.2 Å². The summed E-state index contributed by atoms with van der Waals surface area (Å²) in [6.07, 6.45) is 1.05. The van der Waals surface area contributed by atoms with Gasteiger partial charge in [-0.15, -0.1) is 0 Å². The van der Waals surface area contributed by atoms with Crippen molar-refractivity contribution in [2.75, 3.05) is 0 Å². The zero-order chi connectivity index (χ0) is 11.6. The Kier molecular flexibility index (Phi) is 3.02. The monoisotopic (exact) mass is 214 g/mol. The molecule has 0 aromatic carbocycles. The molecule has 0 aliphatic heterocycles. The summed E-state index contributed by atoms with van der Waals surface area (Å²) in [4.78, 5) is 14.6. The molecule has 0 radical (unpaired) electrons. The average molecular weight is 214 g/mol. The third-order valence-corrected chi connectivity index (χ3v) is 1.58. The van der Waals surface area contributed by atoms with Crippen molar-refractivity contribution in [2.45, 2.75) is 26.3 Å². The summed E-state index contributed by atoms with van der Waals surface area (Å²) in [6.45, 7) is 5.25. The van der Waals surface area contributed by atoms with Crippen LogP contribution in [0.15, 0.2) is 12.3 Å². The molecule has 0 fully saturated rings. The minimum absolute atomic E-state index is 0.336. The molecule has 1 amide bonds. The Morgan fingerprint density at radius 1 is 1.40 bits per heavy atom. The first-order valence-electron chi connectivity index (χ1n) is 4.44. The van der Waals surface area contributed by atoms with E-state index in [2.05, 4.69) is 10.3 Å². The van der Waals surface area contributed by atoms with Crippen LogP contribution < -0.4 is 5.32 Å². The van der Waals surface area contributed by atoms with Gasteiger partial charge in [-0.2, -0.15) is 4.39 Å². The first kappa shape index (κ1) is 11.6. The third-order valence-electron chi connectivity index (χ3n) is 1.58. The lowest BCUT2D eigenvalue weighted by Gasteiger charge is -2.20. The summed E-state index contributed by atoms with van der Waals surface area (Å²) in [5.74, 6) is -3.14. The Morgan fingerprint density at radius 2 is 2.00 bits per heavy atom. The van der Waals surface area contributed by atoms with Gasteiger partial charge in [0.1, 0.15) is 0 Å². The molecule has 82 valence electrons. The fourth-order valence-electron chi connectivity index (χ4n) is 1.00. The van der Waals surface area contributed by atoms with Crippen LogP contribution >= 0.6 is 0 Å². The zero-order valence-electron chi connectivity index (χ0n) is 8.77. The Hall–Kier alpha value is -1.52. The molecule has 0 saturated heterocycles. The molecular formula is C10H12F2N2O. The number of hydrogen-bond donors (Lipinski definition) is 1.